The van der Waals surface area contributed by atoms with Gasteiger partial charge in [0.2, 0.25) is 0 Å². The number of benzene rings is 3. The number of nitrogens with zero attached hydrogens (tertiary/aromatic N) is 1. The number of halogens is 1. The maximum atomic E-state index is 13.0. The smallest absolute Gasteiger partial charge is 0.343 e. The Morgan fingerprint density at radius 2 is 1.43 bits per heavy atom. The normalized spacial score (nSPS) is 13.5. The lowest BCUT2D eigenvalue weighted by Crippen LogP contribution is -2.32. The first-order valence-electron chi connectivity index (χ1n) is 11.1. The maximum Gasteiger partial charge on any atom is 0.343 e. The van der Waals surface area contributed by atoms with Gasteiger partial charge in [-0.05, 0) is 98.8 Å². The van der Waals surface area contributed by atoms with Gasteiger partial charge < -0.3 is 10.1 Å². The molecule has 3 aromatic rings. The topological polar surface area (TPSA) is 75.7 Å². The number of carbonyl (C=O) groups is 3. The summed E-state index contributed by atoms with van der Waals surface area (Å²) in [6.07, 6.45) is 0. The van der Waals surface area contributed by atoms with E-state index in [-0.39, 0.29) is 10.7 Å². The van der Waals surface area contributed by atoms with Crippen molar-refractivity contribution in [1.29, 1.82) is 0 Å². The van der Waals surface area contributed by atoms with Crippen LogP contribution in [0.25, 0.3) is 0 Å². The Morgan fingerprint density at radius 1 is 0.829 bits per heavy atom. The lowest BCUT2D eigenvalue weighted by atomic mass is 10.1. The van der Waals surface area contributed by atoms with Crippen LogP contribution in [0.4, 0.5) is 11.4 Å². The van der Waals surface area contributed by atoms with Crippen LogP contribution in [0.5, 0.6) is 5.75 Å². The van der Waals surface area contributed by atoms with Gasteiger partial charge in [-0.15, -0.1) is 0 Å². The predicted octanol–water partition coefficient (Wildman–Crippen LogP) is 5.88. The van der Waals surface area contributed by atoms with Crippen molar-refractivity contribution in [3.63, 3.8) is 0 Å². The quantitative estimate of drug-likeness (QED) is 0.275. The third kappa shape index (κ3) is 4.70. The molecule has 0 aliphatic carbocycles. The summed E-state index contributed by atoms with van der Waals surface area (Å²) in [6, 6.07) is 15.8. The van der Waals surface area contributed by atoms with E-state index in [0.29, 0.717) is 22.7 Å². The molecule has 0 bridgehead atoms. The van der Waals surface area contributed by atoms with Gasteiger partial charge in [-0.2, -0.15) is 0 Å². The lowest BCUT2D eigenvalue weighted by molar-refractivity contribution is -0.120. The second-order valence-corrected chi connectivity index (χ2v) is 9.10. The highest BCUT2D eigenvalue weighted by Crippen LogP contribution is 2.31. The number of anilines is 2. The molecule has 3 aromatic carbocycles. The molecule has 1 aliphatic heterocycles. The molecule has 35 heavy (non-hydrogen) atoms. The molecule has 1 heterocycles. The van der Waals surface area contributed by atoms with E-state index in [1.807, 2.05) is 52.8 Å². The van der Waals surface area contributed by atoms with Crippen molar-refractivity contribution in [2.24, 2.45) is 0 Å². The number of esters is 1. The molecule has 0 unspecified atom stereocenters. The fourth-order valence-corrected chi connectivity index (χ4v) is 4.21. The Balaban J connectivity index is 1.51. The van der Waals surface area contributed by atoms with Gasteiger partial charge >= 0.3 is 5.97 Å². The number of carbonyl (C=O) groups excluding carboxylic acids is 3. The number of ether oxygens (including phenoxy) is 1. The predicted molar refractivity (Wildman–Crippen MR) is 137 cm³/mol. The first-order chi connectivity index (χ1) is 16.6. The molecule has 178 valence electrons. The Morgan fingerprint density at radius 3 is 2.06 bits per heavy atom. The third-order valence-electron chi connectivity index (χ3n) is 5.95. The van der Waals surface area contributed by atoms with E-state index in [0.717, 1.165) is 32.7 Å². The molecule has 6 nitrogen and oxygen atoms in total. The van der Waals surface area contributed by atoms with Crippen molar-refractivity contribution >= 4 is 40.8 Å². The van der Waals surface area contributed by atoms with E-state index in [1.54, 1.807) is 36.4 Å². The molecule has 4 rings (SSSR count). The monoisotopic (exact) mass is 488 g/mol. The molecular weight excluding hydrogens is 464 g/mol. The minimum absolute atomic E-state index is 0.0165. The van der Waals surface area contributed by atoms with Crippen molar-refractivity contribution < 1.29 is 19.1 Å². The zero-order valence-electron chi connectivity index (χ0n) is 20.2. The summed E-state index contributed by atoms with van der Waals surface area (Å²) >= 11 is 6.24. The molecule has 0 aromatic heterocycles. The van der Waals surface area contributed by atoms with E-state index in [1.165, 1.54) is 0 Å². The van der Waals surface area contributed by atoms with Crippen molar-refractivity contribution in [2.75, 3.05) is 10.2 Å². The molecule has 0 radical (unpaired) electrons. The highest BCUT2D eigenvalue weighted by Gasteiger charge is 2.39. The number of aryl methyl sites for hydroxylation is 4. The van der Waals surface area contributed by atoms with Gasteiger partial charge in [0, 0.05) is 5.69 Å². The van der Waals surface area contributed by atoms with Crippen LogP contribution in [-0.4, -0.2) is 17.8 Å². The number of hydrogen-bond donors (Lipinski definition) is 1. The van der Waals surface area contributed by atoms with Gasteiger partial charge in [0.1, 0.15) is 16.5 Å². The molecule has 1 N–H and O–H groups in total. The molecule has 0 atom stereocenters. The van der Waals surface area contributed by atoms with Crippen molar-refractivity contribution in [2.45, 2.75) is 34.6 Å². The van der Waals surface area contributed by atoms with Crippen LogP contribution in [0.15, 0.2) is 65.3 Å². The molecule has 1 aliphatic rings. The Bertz CT molecular complexity index is 1390. The molecule has 0 saturated heterocycles. The Hall–Kier alpha value is -3.90. The lowest BCUT2D eigenvalue weighted by Gasteiger charge is -2.16. The zero-order valence-corrected chi connectivity index (χ0v) is 20.9. The van der Waals surface area contributed by atoms with Crippen LogP contribution in [0.1, 0.15) is 38.2 Å². The summed E-state index contributed by atoms with van der Waals surface area (Å²) in [4.78, 5) is 39.6. The van der Waals surface area contributed by atoms with Crippen LogP contribution in [0.2, 0.25) is 0 Å². The zero-order chi connectivity index (χ0) is 25.4. The summed E-state index contributed by atoms with van der Waals surface area (Å²) in [5, 5.41) is 2.73. The van der Waals surface area contributed by atoms with Crippen molar-refractivity contribution in [3.05, 3.63) is 98.7 Å². The minimum atomic E-state index is -0.590. The van der Waals surface area contributed by atoms with E-state index >= 15 is 0 Å². The van der Waals surface area contributed by atoms with Gasteiger partial charge in [-0.25, -0.2) is 9.69 Å². The molecular formula is C28H25ClN2O4. The number of imide groups is 1. The van der Waals surface area contributed by atoms with E-state index in [9.17, 15) is 14.4 Å². The molecule has 0 spiro atoms. The summed E-state index contributed by atoms with van der Waals surface area (Å²) in [5.74, 6) is -1.07. The minimum Gasteiger partial charge on any atom is -0.422 e. The summed E-state index contributed by atoms with van der Waals surface area (Å²) < 4.78 is 5.65. The maximum absolute atomic E-state index is 13.0. The fourth-order valence-electron chi connectivity index (χ4n) is 3.99. The second-order valence-electron chi connectivity index (χ2n) is 8.73. The van der Waals surface area contributed by atoms with Crippen LogP contribution in [0.3, 0.4) is 0 Å². The first kappa shape index (κ1) is 24.2. The average Bonchev–Trinajstić information content (AvgIpc) is 3.02. The van der Waals surface area contributed by atoms with E-state index in [2.05, 4.69) is 5.32 Å². The number of nitrogens with one attached hydrogen (secondary N) is 1. The van der Waals surface area contributed by atoms with Gasteiger partial charge in [0.25, 0.3) is 11.8 Å². The third-order valence-corrected chi connectivity index (χ3v) is 6.30. The molecule has 7 heteroatoms. The van der Waals surface area contributed by atoms with Gasteiger partial charge in [0.15, 0.2) is 0 Å². The fraction of sp³-hybridized carbons (Fsp3) is 0.179. The molecule has 0 saturated carbocycles. The summed E-state index contributed by atoms with van der Waals surface area (Å²) in [7, 11) is 0. The summed E-state index contributed by atoms with van der Waals surface area (Å²) in [5.41, 5.74) is 5.98. The largest absolute Gasteiger partial charge is 0.422 e. The standard InChI is InChI=1S/C28H25ClN2O4/c1-15-12-16(2)14-22(13-15)31-26(32)23(29)24(27(31)33)30-21-10-8-20(9-11-21)28(34)35-25-18(4)7-6-17(3)19(25)5/h6-14,30H,1-5H3. The molecule has 0 fully saturated rings. The second kappa shape index (κ2) is 9.39. The van der Waals surface area contributed by atoms with Crippen LogP contribution in [0, 0.1) is 34.6 Å². The Labute approximate surface area is 209 Å². The SMILES string of the molecule is Cc1cc(C)cc(N2C(=O)C(Cl)=C(Nc3ccc(C(=O)Oc4c(C)ccc(C)c4C)cc3)C2=O)c1. The van der Waals surface area contributed by atoms with Crippen molar-refractivity contribution in [3.8, 4) is 5.75 Å². The van der Waals surface area contributed by atoms with Gasteiger partial charge in [-0.1, -0.05) is 29.8 Å². The van der Waals surface area contributed by atoms with Crippen LogP contribution in [-0.2, 0) is 9.59 Å². The van der Waals surface area contributed by atoms with E-state index < -0.39 is 17.8 Å². The van der Waals surface area contributed by atoms with E-state index in [4.69, 9.17) is 16.3 Å². The average molecular weight is 489 g/mol. The van der Waals surface area contributed by atoms with Gasteiger partial charge in [0.05, 0.1) is 11.3 Å². The summed E-state index contributed by atoms with van der Waals surface area (Å²) in [6.45, 7) is 9.55. The number of hydrogen-bond acceptors (Lipinski definition) is 5. The highest BCUT2D eigenvalue weighted by atomic mass is 35.5. The van der Waals surface area contributed by atoms with Crippen molar-refractivity contribution in [1.82, 2.24) is 0 Å². The molecule has 2 amide bonds. The first-order valence-corrected chi connectivity index (χ1v) is 11.5. The number of amides is 2. The highest BCUT2D eigenvalue weighted by molar-refractivity contribution is 6.53. The Kier molecular flexibility index (Phi) is 6.50. The number of rotatable bonds is 5. The van der Waals surface area contributed by atoms with Crippen LogP contribution < -0.4 is 15.0 Å². The van der Waals surface area contributed by atoms with Gasteiger partial charge in [-0.3, -0.25) is 9.59 Å². The van der Waals surface area contributed by atoms with Crippen LogP contribution >= 0.6 is 11.6 Å².